The standard InChI is InChI=1S/C24H26FN3O5/c1-31-20-10-17(11-21(32-2)23(20)33-3)27-24(30)15-8-22(29)28(13-15)7-6-14-12-26-19-5-4-16(25)9-18(14)19/h4-5,9-12,15,26H,6-8,13H2,1-3H3,(H,27,30)/t15-/m0/s1. The number of aromatic nitrogens is 1. The molecule has 2 heterocycles. The maximum Gasteiger partial charge on any atom is 0.229 e. The second kappa shape index (κ2) is 9.40. The van der Waals surface area contributed by atoms with Gasteiger partial charge in [0.15, 0.2) is 11.5 Å². The van der Waals surface area contributed by atoms with Gasteiger partial charge in [-0.2, -0.15) is 0 Å². The first kappa shape index (κ1) is 22.4. The Balaban J connectivity index is 1.40. The van der Waals surface area contributed by atoms with Crippen LogP contribution in [0.1, 0.15) is 12.0 Å². The Kier molecular flexibility index (Phi) is 6.39. The minimum atomic E-state index is -0.475. The van der Waals surface area contributed by atoms with E-state index in [2.05, 4.69) is 10.3 Å². The van der Waals surface area contributed by atoms with Crippen molar-refractivity contribution >= 4 is 28.4 Å². The molecule has 0 saturated carbocycles. The Morgan fingerprint density at radius 3 is 2.55 bits per heavy atom. The van der Waals surface area contributed by atoms with E-state index in [-0.39, 0.29) is 24.1 Å². The molecule has 2 N–H and O–H groups in total. The van der Waals surface area contributed by atoms with E-state index < -0.39 is 5.92 Å². The Hall–Kier alpha value is -3.75. The van der Waals surface area contributed by atoms with Crippen molar-refractivity contribution in [3.05, 3.63) is 47.9 Å². The zero-order chi connectivity index (χ0) is 23.5. The van der Waals surface area contributed by atoms with Crippen LogP contribution in [0.2, 0.25) is 0 Å². The number of nitrogens with zero attached hydrogens (tertiary/aromatic N) is 1. The molecule has 1 atom stereocenters. The van der Waals surface area contributed by atoms with Crippen molar-refractivity contribution in [3.8, 4) is 17.2 Å². The average Bonchev–Trinajstić information content (AvgIpc) is 3.39. The van der Waals surface area contributed by atoms with Crippen molar-refractivity contribution in [1.82, 2.24) is 9.88 Å². The van der Waals surface area contributed by atoms with Crippen LogP contribution < -0.4 is 19.5 Å². The number of carbonyl (C=O) groups excluding carboxylic acids is 2. The van der Waals surface area contributed by atoms with Gasteiger partial charge in [0, 0.05) is 54.4 Å². The fourth-order valence-corrected chi connectivity index (χ4v) is 4.17. The third kappa shape index (κ3) is 4.57. The second-order valence-electron chi connectivity index (χ2n) is 7.90. The lowest BCUT2D eigenvalue weighted by molar-refractivity contribution is -0.128. The molecule has 33 heavy (non-hydrogen) atoms. The number of H-pyrrole nitrogens is 1. The molecule has 2 amide bonds. The van der Waals surface area contributed by atoms with Gasteiger partial charge in [0.2, 0.25) is 17.6 Å². The average molecular weight is 455 g/mol. The van der Waals surface area contributed by atoms with Crippen molar-refractivity contribution in [2.24, 2.45) is 5.92 Å². The molecule has 0 spiro atoms. The molecular formula is C24H26FN3O5. The molecule has 1 fully saturated rings. The predicted octanol–water partition coefficient (Wildman–Crippen LogP) is 3.36. The molecule has 1 aliphatic rings. The van der Waals surface area contributed by atoms with Crippen LogP contribution in [0, 0.1) is 11.7 Å². The van der Waals surface area contributed by atoms with Crippen LogP contribution in [0.15, 0.2) is 36.5 Å². The summed E-state index contributed by atoms with van der Waals surface area (Å²) in [6, 6.07) is 7.87. The summed E-state index contributed by atoms with van der Waals surface area (Å²) < 4.78 is 29.6. The summed E-state index contributed by atoms with van der Waals surface area (Å²) in [4.78, 5) is 30.2. The van der Waals surface area contributed by atoms with Gasteiger partial charge in [-0.25, -0.2) is 4.39 Å². The third-order valence-corrected chi connectivity index (χ3v) is 5.90. The molecule has 1 aliphatic heterocycles. The monoisotopic (exact) mass is 455 g/mol. The number of likely N-dealkylation sites (tertiary alicyclic amines) is 1. The fraction of sp³-hybridized carbons (Fsp3) is 0.333. The highest BCUT2D eigenvalue weighted by atomic mass is 19.1. The number of amides is 2. The molecule has 0 bridgehead atoms. The third-order valence-electron chi connectivity index (χ3n) is 5.90. The molecule has 0 radical (unpaired) electrons. The highest BCUT2D eigenvalue weighted by Crippen LogP contribution is 2.40. The summed E-state index contributed by atoms with van der Waals surface area (Å²) in [5, 5.41) is 3.65. The number of fused-ring (bicyclic) bond motifs is 1. The largest absolute Gasteiger partial charge is 0.493 e. The number of carbonyl (C=O) groups is 2. The van der Waals surface area contributed by atoms with Crippen LogP contribution in [0.5, 0.6) is 17.2 Å². The number of rotatable bonds is 8. The SMILES string of the molecule is COc1cc(NC(=O)[C@H]2CC(=O)N(CCc3c[nH]c4ccc(F)cc34)C2)cc(OC)c1OC. The molecule has 8 nitrogen and oxygen atoms in total. The fourth-order valence-electron chi connectivity index (χ4n) is 4.17. The number of methoxy groups -OCH3 is 3. The van der Waals surface area contributed by atoms with Crippen LogP contribution in [-0.2, 0) is 16.0 Å². The first-order valence-corrected chi connectivity index (χ1v) is 10.6. The van der Waals surface area contributed by atoms with Crippen molar-refractivity contribution < 1.29 is 28.2 Å². The van der Waals surface area contributed by atoms with E-state index in [1.807, 2.05) is 6.20 Å². The number of nitrogens with one attached hydrogen (secondary N) is 2. The van der Waals surface area contributed by atoms with Gasteiger partial charge < -0.3 is 29.4 Å². The summed E-state index contributed by atoms with van der Waals surface area (Å²) in [6.07, 6.45) is 2.54. The quantitative estimate of drug-likeness (QED) is 0.543. The van der Waals surface area contributed by atoms with Gasteiger partial charge in [-0.15, -0.1) is 0 Å². The van der Waals surface area contributed by atoms with Crippen LogP contribution >= 0.6 is 0 Å². The normalized spacial score (nSPS) is 15.7. The van der Waals surface area contributed by atoms with Gasteiger partial charge in [-0.05, 0) is 30.2 Å². The summed E-state index contributed by atoms with van der Waals surface area (Å²) in [5.74, 6) is 0.164. The summed E-state index contributed by atoms with van der Waals surface area (Å²) in [7, 11) is 4.50. The Labute approximate surface area is 190 Å². The molecule has 1 aromatic heterocycles. The molecule has 0 unspecified atom stereocenters. The van der Waals surface area contributed by atoms with E-state index in [1.165, 1.54) is 33.5 Å². The van der Waals surface area contributed by atoms with E-state index in [4.69, 9.17) is 14.2 Å². The van der Waals surface area contributed by atoms with Gasteiger partial charge in [-0.1, -0.05) is 0 Å². The lowest BCUT2D eigenvalue weighted by Crippen LogP contribution is -2.30. The second-order valence-corrected chi connectivity index (χ2v) is 7.90. The molecular weight excluding hydrogens is 429 g/mol. The van der Waals surface area contributed by atoms with Crippen molar-refractivity contribution in [2.45, 2.75) is 12.8 Å². The van der Waals surface area contributed by atoms with E-state index in [0.717, 1.165) is 16.5 Å². The molecule has 1 saturated heterocycles. The molecule has 3 aromatic rings. The van der Waals surface area contributed by atoms with Gasteiger partial charge in [0.1, 0.15) is 5.82 Å². The van der Waals surface area contributed by atoms with Gasteiger partial charge in [-0.3, -0.25) is 9.59 Å². The topological polar surface area (TPSA) is 92.9 Å². The highest BCUT2D eigenvalue weighted by molar-refractivity contribution is 5.97. The lowest BCUT2D eigenvalue weighted by atomic mass is 10.1. The first-order valence-electron chi connectivity index (χ1n) is 10.6. The number of anilines is 1. The number of hydrogen-bond acceptors (Lipinski definition) is 5. The number of aromatic amines is 1. The number of halogens is 1. The summed E-state index contributed by atoms with van der Waals surface area (Å²) in [5.41, 5.74) is 2.27. The predicted molar refractivity (Wildman–Crippen MR) is 121 cm³/mol. The number of hydrogen-bond donors (Lipinski definition) is 2. The van der Waals surface area contributed by atoms with Gasteiger partial charge >= 0.3 is 0 Å². The van der Waals surface area contributed by atoms with Gasteiger partial charge in [0.25, 0.3) is 0 Å². The smallest absolute Gasteiger partial charge is 0.229 e. The molecule has 0 aliphatic carbocycles. The molecule has 9 heteroatoms. The Morgan fingerprint density at radius 2 is 1.88 bits per heavy atom. The number of ether oxygens (including phenoxy) is 3. The van der Waals surface area contributed by atoms with E-state index in [1.54, 1.807) is 23.1 Å². The van der Waals surface area contributed by atoms with Gasteiger partial charge in [0.05, 0.1) is 27.2 Å². The summed E-state index contributed by atoms with van der Waals surface area (Å²) in [6.45, 7) is 0.780. The van der Waals surface area contributed by atoms with Crippen LogP contribution in [0.25, 0.3) is 10.9 Å². The summed E-state index contributed by atoms with van der Waals surface area (Å²) >= 11 is 0. The zero-order valence-electron chi connectivity index (χ0n) is 18.7. The molecule has 2 aromatic carbocycles. The van der Waals surface area contributed by atoms with Crippen molar-refractivity contribution in [2.75, 3.05) is 39.7 Å². The van der Waals surface area contributed by atoms with E-state index >= 15 is 0 Å². The maximum atomic E-state index is 13.6. The van der Waals surface area contributed by atoms with Crippen molar-refractivity contribution in [1.29, 1.82) is 0 Å². The minimum absolute atomic E-state index is 0.0777. The number of benzene rings is 2. The van der Waals surface area contributed by atoms with Crippen LogP contribution in [0.4, 0.5) is 10.1 Å². The van der Waals surface area contributed by atoms with Crippen LogP contribution in [0.3, 0.4) is 0 Å². The van der Waals surface area contributed by atoms with E-state index in [9.17, 15) is 14.0 Å². The maximum absolute atomic E-state index is 13.6. The minimum Gasteiger partial charge on any atom is -0.493 e. The van der Waals surface area contributed by atoms with Crippen molar-refractivity contribution in [3.63, 3.8) is 0 Å². The lowest BCUT2D eigenvalue weighted by Gasteiger charge is -2.17. The van der Waals surface area contributed by atoms with Crippen LogP contribution in [-0.4, -0.2) is 56.1 Å². The van der Waals surface area contributed by atoms with E-state index in [0.29, 0.717) is 42.4 Å². The zero-order valence-corrected chi connectivity index (χ0v) is 18.7. The first-order chi connectivity index (χ1) is 15.9. The molecule has 4 rings (SSSR count). The molecule has 174 valence electrons. The Bertz CT molecular complexity index is 1170. The Morgan fingerprint density at radius 1 is 1.15 bits per heavy atom. The highest BCUT2D eigenvalue weighted by Gasteiger charge is 2.34.